The summed E-state index contributed by atoms with van der Waals surface area (Å²) in [6.45, 7) is 6.36. The van der Waals surface area contributed by atoms with Crippen molar-refractivity contribution in [2.45, 2.75) is 34.6 Å². The van der Waals surface area contributed by atoms with Crippen LogP contribution in [0, 0.1) is 0 Å². The van der Waals surface area contributed by atoms with Crippen LogP contribution in [0.2, 0.25) is 0 Å². The Morgan fingerprint density at radius 3 is 0.765 bits per heavy atom. The molecular weight excluding hydrogens is 264 g/mol. The molecule has 17 heavy (non-hydrogen) atoms. The standard InChI is InChI=1S/C2H4O2.4C2H3O.Ti/c1-2(3)4;4*1-2-3;/h1H3,(H,3,4);4*1H3;/q;4*-1;+4. The van der Waals surface area contributed by atoms with Crippen molar-refractivity contribution in [2.75, 3.05) is 0 Å². The van der Waals surface area contributed by atoms with Gasteiger partial charge in [0.15, 0.2) is 0 Å². The minimum atomic E-state index is -0.833. The van der Waals surface area contributed by atoms with E-state index in [1.165, 1.54) is 52.8 Å². The number of carbonyl (C=O) groups excluding carboxylic acids is 4. The molecule has 1 N–H and O–H groups in total. The molecule has 7 heteroatoms. The zero-order valence-corrected chi connectivity index (χ0v) is 12.1. The third-order valence-corrected chi connectivity index (χ3v) is 0. The minimum Gasteiger partial charge on any atom is -0.542 e. The van der Waals surface area contributed by atoms with Crippen LogP contribution in [0.5, 0.6) is 0 Å². The fourth-order valence-electron chi connectivity index (χ4n) is 0. The third kappa shape index (κ3) is 1910. The summed E-state index contributed by atoms with van der Waals surface area (Å²) in [6.07, 6.45) is 6.00. The maximum atomic E-state index is 9.00. The number of carbonyl (C=O) groups is 1. The number of carboxylic acids is 1. The van der Waals surface area contributed by atoms with E-state index in [-0.39, 0.29) is 21.7 Å². The average molecular weight is 280 g/mol. The second-order valence-electron chi connectivity index (χ2n) is 1.34. The summed E-state index contributed by atoms with van der Waals surface area (Å²) in [7, 11) is 0. The summed E-state index contributed by atoms with van der Waals surface area (Å²) < 4.78 is 0. The van der Waals surface area contributed by atoms with Crippen molar-refractivity contribution in [3.05, 3.63) is 0 Å². The van der Waals surface area contributed by atoms with E-state index in [0.29, 0.717) is 0 Å². The molecule has 0 amide bonds. The van der Waals surface area contributed by atoms with Crippen LogP contribution in [0.4, 0.5) is 0 Å². The quantitative estimate of drug-likeness (QED) is 0.513. The van der Waals surface area contributed by atoms with Crippen LogP contribution in [-0.4, -0.2) is 36.2 Å². The number of rotatable bonds is 0. The second kappa shape index (κ2) is 83.1. The van der Waals surface area contributed by atoms with E-state index in [0.717, 1.165) is 6.92 Å². The Bertz CT molecular complexity index is 131. The van der Waals surface area contributed by atoms with Gasteiger partial charge in [-0.3, -0.25) is 29.9 Å². The van der Waals surface area contributed by atoms with Crippen LogP contribution < -0.4 is 0 Å². The molecule has 0 saturated carbocycles. The van der Waals surface area contributed by atoms with Gasteiger partial charge in [0.1, 0.15) is 0 Å². The molecule has 0 heterocycles. The smallest absolute Gasteiger partial charge is 0.542 e. The van der Waals surface area contributed by atoms with Gasteiger partial charge in [-0.15, -0.1) is 0 Å². The van der Waals surface area contributed by atoms with Crippen LogP contribution in [0.15, 0.2) is 0 Å². The van der Waals surface area contributed by atoms with E-state index in [1.54, 1.807) is 0 Å². The maximum Gasteiger partial charge on any atom is 4.00 e. The van der Waals surface area contributed by atoms with E-state index in [1.807, 2.05) is 0 Å². The van der Waals surface area contributed by atoms with Gasteiger partial charge in [0, 0.05) is 6.92 Å². The summed E-state index contributed by atoms with van der Waals surface area (Å²) in [5.74, 6) is -0.833. The molecule has 0 atom stereocenters. The van der Waals surface area contributed by atoms with Gasteiger partial charge in [-0.2, -0.15) is 27.7 Å². The third-order valence-electron chi connectivity index (χ3n) is 0. The molecule has 0 aromatic heterocycles. The van der Waals surface area contributed by atoms with E-state index in [2.05, 4.69) is 0 Å². The number of hydrogen-bond donors (Lipinski definition) is 1. The van der Waals surface area contributed by atoms with Crippen molar-refractivity contribution in [3.63, 3.8) is 0 Å². The molecule has 0 aliphatic heterocycles. The second-order valence-corrected chi connectivity index (χ2v) is 1.34. The van der Waals surface area contributed by atoms with E-state index >= 15 is 0 Å². The van der Waals surface area contributed by atoms with Crippen molar-refractivity contribution in [3.8, 4) is 0 Å². The Morgan fingerprint density at radius 1 is 0.765 bits per heavy atom. The van der Waals surface area contributed by atoms with E-state index in [4.69, 9.17) is 29.1 Å². The summed E-state index contributed by atoms with van der Waals surface area (Å²) in [5, 5.41) is 7.42. The monoisotopic (exact) mass is 280 g/mol. The van der Waals surface area contributed by atoms with Crippen molar-refractivity contribution in [1.29, 1.82) is 0 Å². The molecule has 0 bridgehead atoms. The zero-order valence-electron chi connectivity index (χ0n) is 10.5. The first-order chi connectivity index (χ1) is 7.39. The zero-order chi connectivity index (χ0) is 14.4. The summed E-state index contributed by atoms with van der Waals surface area (Å²) in [5.41, 5.74) is 0. The van der Waals surface area contributed by atoms with Gasteiger partial charge < -0.3 is 24.3 Å². The van der Waals surface area contributed by atoms with Gasteiger partial charge in [0.2, 0.25) is 0 Å². The van der Waals surface area contributed by atoms with E-state index < -0.39 is 5.97 Å². The van der Waals surface area contributed by atoms with Crippen molar-refractivity contribution < 1.29 is 50.8 Å². The normalized spacial score (nSPS) is 4.53. The molecular formula is C10H16O6Ti. The van der Waals surface area contributed by atoms with Gasteiger partial charge in [-0.25, -0.2) is 0 Å². The predicted molar refractivity (Wildman–Crippen MR) is 58.8 cm³/mol. The van der Waals surface area contributed by atoms with Gasteiger partial charge in [0.05, 0.1) is 0 Å². The summed E-state index contributed by atoms with van der Waals surface area (Å²) in [4.78, 5) is 43.7. The minimum absolute atomic E-state index is 0. The molecule has 0 saturated heterocycles. The maximum absolute atomic E-state index is 9.00. The molecule has 0 fully saturated rings. The van der Waals surface area contributed by atoms with Gasteiger partial charge >= 0.3 is 21.7 Å². The molecule has 0 aliphatic carbocycles. The van der Waals surface area contributed by atoms with Crippen molar-refractivity contribution >= 4 is 31.1 Å². The summed E-state index contributed by atoms with van der Waals surface area (Å²) >= 11 is 0. The molecule has 0 radical (unpaired) electrons. The SMILES string of the molecule is CC(=O)O.C[C-]=O.C[C-]=O.C[C-]=O.C[C-]=O.[Ti+4]. The van der Waals surface area contributed by atoms with Crippen molar-refractivity contribution in [1.82, 2.24) is 0 Å². The number of aliphatic carboxylic acids is 1. The fraction of sp³-hybridized carbons (Fsp3) is 0.500. The molecule has 0 aromatic carbocycles. The number of carboxylic acid groups (broad SMARTS) is 1. The molecule has 6 nitrogen and oxygen atoms in total. The van der Waals surface area contributed by atoms with Gasteiger partial charge in [0.25, 0.3) is 5.97 Å². The van der Waals surface area contributed by atoms with E-state index in [9.17, 15) is 0 Å². The number of hydrogen-bond acceptors (Lipinski definition) is 5. The van der Waals surface area contributed by atoms with Gasteiger partial charge in [-0.05, 0) is 0 Å². The fourth-order valence-corrected chi connectivity index (χ4v) is 0. The first-order valence-electron chi connectivity index (χ1n) is 3.74. The average Bonchev–Trinajstić information content (AvgIpc) is 2.06. The molecule has 0 spiro atoms. The van der Waals surface area contributed by atoms with Crippen molar-refractivity contribution in [2.24, 2.45) is 0 Å². The Hall–Kier alpha value is -1.14. The van der Waals surface area contributed by atoms with Gasteiger partial charge in [-0.1, -0.05) is 0 Å². The Labute approximate surface area is 117 Å². The molecule has 0 aromatic rings. The van der Waals surface area contributed by atoms with Crippen LogP contribution in [0.1, 0.15) is 34.6 Å². The Kier molecular flexibility index (Phi) is 176. The summed E-state index contributed by atoms with van der Waals surface area (Å²) in [6, 6.07) is 0. The molecule has 0 unspecified atom stereocenters. The largest absolute Gasteiger partial charge is 4.00 e. The molecule has 0 aliphatic rings. The van der Waals surface area contributed by atoms with Crippen LogP contribution in [-0.2, 0) is 45.7 Å². The molecule has 0 rings (SSSR count). The first kappa shape index (κ1) is 36.0. The van der Waals surface area contributed by atoms with Crippen LogP contribution in [0.3, 0.4) is 0 Å². The predicted octanol–water partition coefficient (Wildman–Crippen LogP) is 0.552. The molecule has 96 valence electrons. The Balaban J connectivity index is -0.0000000221. The topological polar surface area (TPSA) is 106 Å². The Morgan fingerprint density at radius 2 is 0.765 bits per heavy atom. The first-order valence-corrected chi connectivity index (χ1v) is 3.74. The van der Waals surface area contributed by atoms with Crippen LogP contribution in [0.25, 0.3) is 0 Å². The van der Waals surface area contributed by atoms with Crippen LogP contribution >= 0.6 is 0 Å².